The summed E-state index contributed by atoms with van der Waals surface area (Å²) in [5.41, 5.74) is 1.72. The first-order valence-corrected chi connectivity index (χ1v) is 8.41. The zero-order chi connectivity index (χ0) is 15.4. The maximum Gasteiger partial charge on any atom is 0.141 e. The van der Waals surface area contributed by atoms with E-state index in [9.17, 15) is 0 Å². The second-order valence-corrected chi connectivity index (χ2v) is 6.50. The lowest BCUT2D eigenvalue weighted by atomic mass is 10.2. The van der Waals surface area contributed by atoms with Gasteiger partial charge in [-0.2, -0.15) is 0 Å². The molecular formula is C15H13BrN4OS. The molecule has 3 aromatic rings. The van der Waals surface area contributed by atoms with Crippen molar-refractivity contribution in [3.05, 3.63) is 47.3 Å². The van der Waals surface area contributed by atoms with E-state index in [0.717, 1.165) is 31.9 Å². The third kappa shape index (κ3) is 3.55. The molecular weight excluding hydrogens is 364 g/mol. The Balaban J connectivity index is 1.97. The molecule has 22 heavy (non-hydrogen) atoms. The molecule has 0 aliphatic rings. The van der Waals surface area contributed by atoms with Crippen LogP contribution in [0.25, 0.3) is 10.9 Å². The molecule has 2 aromatic heterocycles. The Morgan fingerprint density at radius 3 is 2.91 bits per heavy atom. The minimum atomic E-state index is 0.124. The molecule has 0 spiro atoms. The second kappa shape index (κ2) is 7.04. The lowest BCUT2D eigenvalue weighted by Crippen LogP contribution is -1.97. The summed E-state index contributed by atoms with van der Waals surface area (Å²) in [5, 5.41) is 14.0. The summed E-state index contributed by atoms with van der Waals surface area (Å²) in [4.78, 5) is 12.9. The van der Waals surface area contributed by atoms with Crippen molar-refractivity contribution < 1.29 is 5.11 Å². The summed E-state index contributed by atoms with van der Waals surface area (Å²) in [6.07, 6.45) is 3.24. The molecule has 1 aromatic carbocycles. The van der Waals surface area contributed by atoms with Crippen molar-refractivity contribution in [3.8, 4) is 0 Å². The number of halogens is 1. The predicted molar refractivity (Wildman–Crippen MR) is 92.6 cm³/mol. The summed E-state index contributed by atoms with van der Waals surface area (Å²) in [5.74, 6) is 1.34. The van der Waals surface area contributed by atoms with Crippen molar-refractivity contribution in [2.75, 3.05) is 17.7 Å². The number of anilines is 2. The fourth-order valence-electron chi connectivity index (χ4n) is 1.97. The third-order valence-electron chi connectivity index (χ3n) is 2.93. The van der Waals surface area contributed by atoms with Crippen LogP contribution in [0.15, 0.2) is 52.4 Å². The van der Waals surface area contributed by atoms with Gasteiger partial charge in [-0.1, -0.05) is 22.0 Å². The van der Waals surface area contributed by atoms with Crippen molar-refractivity contribution in [3.63, 3.8) is 0 Å². The Labute approximate surface area is 140 Å². The minimum absolute atomic E-state index is 0.124. The van der Waals surface area contributed by atoms with E-state index in [1.165, 1.54) is 18.1 Å². The van der Waals surface area contributed by atoms with E-state index < -0.39 is 0 Å². The number of fused-ring (bicyclic) bond motifs is 1. The predicted octanol–water partition coefficient (Wildman–Crippen LogP) is 3.62. The van der Waals surface area contributed by atoms with Gasteiger partial charge in [-0.05, 0) is 24.3 Å². The van der Waals surface area contributed by atoms with E-state index in [1.807, 2.05) is 30.3 Å². The molecule has 0 aliphatic heterocycles. The van der Waals surface area contributed by atoms with Crippen LogP contribution >= 0.6 is 27.7 Å². The Hall–Kier alpha value is -1.70. The Kier molecular flexibility index (Phi) is 4.87. The van der Waals surface area contributed by atoms with Crippen LogP contribution in [-0.2, 0) is 0 Å². The number of hydrogen-bond donors (Lipinski definition) is 2. The van der Waals surface area contributed by atoms with Crippen molar-refractivity contribution in [2.24, 2.45) is 0 Å². The van der Waals surface area contributed by atoms with Crippen LogP contribution in [0, 0.1) is 0 Å². The quantitative estimate of drug-likeness (QED) is 0.662. The van der Waals surface area contributed by atoms with Gasteiger partial charge < -0.3 is 10.4 Å². The van der Waals surface area contributed by atoms with Crippen LogP contribution in [-0.4, -0.2) is 32.4 Å². The first kappa shape index (κ1) is 15.2. The SMILES string of the molecule is OCCSc1cc2c(Nc3cccc(Br)c3)ncnc2cn1. The third-order valence-corrected chi connectivity index (χ3v) is 4.32. The molecule has 0 atom stereocenters. The standard InChI is InChI=1S/C15H13BrN4OS/c16-10-2-1-3-11(6-10)20-15-12-7-14(22-5-4-21)17-8-13(12)18-9-19-15/h1-3,6-9,21H,4-5H2,(H,18,19,20). The molecule has 0 fully saturated rings. The number of aliphatic hydroxyl groups is 1. The van der Waals surface area contributed by atoms with E-state index in [2.05, 4.69) is 36.2 Å². The maximum absolute atomic E-state index is 8.93. The number of aliphatic hydroxyl groups excluding tert-OH is 1. The van der Waals surface area contributed by atoms with Crippen LogP contribution in [0.4, 0.5) is 11.5 Å². The highest BCUT2D eigenvalue weighted by Crippen LogP contribution is 2.27. The van der Waals surface area contributed by atoms with Crippen molar-refractivity contribution >= 4 is 50.1 Å². The van der Waals surface area contributed by atoms with Crippen LogP contribution in [0.3, 0.4) is 0 Å². The average Bonchev–Trinajstić information content (AvgIpc) is 2.53. The first-order chi connectivity index (χ1) is 10.8. The van der Waals surface area contributed by atoms with Gasteiger partial charge in [-0.25, -0.2) is 15.0 Å². The lowest BCUT2D eigenvalue weighted by molar-refractivity contribution is 0.322. The van der Waals surface area contributed by atoms with Gasteiger partial charge in [0, 0.05) is 21.3 Å². The fourth-order valence-corrected chi connectivity index (χ4v) is 3.00. The molecule has 3 rings (SSSR count). The molecule has 7 heteroatoms. The van der Waals surface area contributed by atoms with Gasteiger partial charge in [0.15, 0.2) is 0 Å². The molecule has 0 saturated carbocycles. The summed E-state index contributed by atoms with van der Waals surface area (Å²) < 4.78 is 0.997. The molecule has 112 valence electrons. The van der Waals surface area contributed by atoms with E-state index in [-0.39, 0.29) is 6.61 Å². The smallest absolute Gasteiger partial charge is 0.141 e. The molecule has 0 unspecified atom stereocenters. The molecule has 2 N–H and O–H groups in total. The number of nitrogens with one attached hydrogen (secondary N) is 1. The van der Waals surface area contributed by atoms with Gasteiger partial charge in [-0.15, -0.1) is 11.8 Å². The molecule has 5 nitrogen and oxygen atoms in total. The van der Waals surface area contributed by atoms with Crippen molar-refractivity contribution in [1.29, 1.82) is 0 Å². The average molecular weight is 377 g/mol. The molecule has 0 bridgehead atoms. The zero-order valence-corrected chi connectivity index (χ0v) is 13.9. The van der Waals surface area contributed by atoms with Gasteiger partial charge in [0.25, 0.3) is 0 Å². The number of pyridine rings is 1. The molecule has 0 saturated heterocycles. The van der Waals surface area contributed by atoms with Crippen LogP contribution in [0.5, 0.6) is 0 Å². The summed E-state index contributed by atoms with van der Waals surface area (Å²) in [7, 11) is 0. The first-order valence-electron chi connectivity index (χ1n) is 6.63. The fraction of sp³-hybridized carbons (Fsp3) is 0.133. The highest BCUT2D eigenvalue weighted by Gasteiger charge is 2.07. The monoisotopic (exact) mass is 376 g/mol. The highest BCUT2D eigenvalue weighted by atomic mass is 79.9. The number of nitrogens with zero attached hydrogens (tertiary/aromatic N) is 3. The number of rotatable bonds is 5. The van der Waals surface area contributed by atoms with Crippen LogP contribution in [0.2, 0.25) is 0 Å². The van der Waals surface area contributed by atoms with Crippen LogP contribution in [0.1, 0.15) is 0 Å². The minimum Gasteiger partial charge on any atom is -0.396 e. The number of thioether (sulfide) groups is 1. The van der Waals surface area contributed by atoms with Gasteiger partial charge in [0.1, 0.15) is 12.1 Å². The second-order valence-electron chi connectivity index (χ2n) is 4.47. The van der Waals surface area contributed by atoms with E-state index in [0.29, 0.717) is 5.75 Å². The molecule has 0 aliphatic carbocycles. The Morgan fingerprint density at radius 1 is 1.18 bits per heavy atom. The summed E-state index contributed by atoms with van der Waals surface area (Å²) >= 11 is 4.96. The maximum atomic E-state index is 8.93. The topological polar surface area (TPSA) is 70.9 Å². The zero-order valence-electron chi connectivity index (χ0n) is 11.5. The van der Waals surface area contributed by atoms with Gasteiger partial charge in [-0.3, -0.25) is 0 Å². The van der Waals surface area contributed by atoms with Crippen molar-refractivity contribution in [2.45, 2.75) is 5.03 Å². The van der Waals surface area contributed by atoms with E-state index in [1.54, 1.807) is 6.20 Å². The molecule has 0 radical (unpaired) electrons. The highest BCUT2D eigenvalue weighted by molar-refractivity contribution is 9.10. The van der Waals surface area contributed by atoms with Gasteiger partial charge in [0.2, 0.25) is 0 Å². The summed E-state index contributed by atoms with van der Waals surface area (Å²) in [6, 6.07) is 9.82. The Morgan fingerprint density at radius 2 is 2.09 bits per heavy atom. The van der Waals surface area contributed by atoms with Crippen molar-refractivity contribution in [1.82, 2.24) is 15.0 Å². The normalized spacial score (nSPS) is 10.8. The van der Waals surface area contributed by atoms with Crippen LogP contribution < -0.4 is 5.32 Å². The number of benzene rings is 1. The number of hydrogen-bond acceptors (Lipinski definition) is 6. The van der Waals surface area contributed by atoms with Gasteiger partial charge >= 0.3 is 0 Å². The summed E-state index contributed by atoms with van der Waals surface area (Å²) in [6.45, 7) is 0.124. The number of aromatic nitrogens is 3. The Bertz CT molecular complexity index is 799. The lowest BCUT2D eigenvalue weighted by Gasteiger charge is -2.09. The van der Waals surface area contributed by atoms with E-state index >= 15 is 0 Å². The van der Waals surface area contributed by atoms with Gasteiger partial charge in [0.05, 0.1) is 23.3 Å². The van der Waals surface area contributed by atoms with E-state index in [4.69, 9.17) is 5.11 Å². The largest absolute Gasteiger partial charge is 0.396 e. The molecule has 2 heterocycles. The molecule has 0 amide bonds.